The third-order valence-electron chi connectivity index (χ3n) is 5.56. The molecular weight excluding hydrogens is 338 g/mol. The Hall–Kier alpha value is -2.07. The van der Waals surface area contributed by atoms with Gasteiger partial charge in [-0.05, 0) is 67.6 Å². The molecule has 0 radical (unpaired) electrons. The van der Waals surface area contributed by atoms with E-state index in [1.165, 1.54) is 44.1 Å². The van der Waals surface area contributed by atoms with E-state index in [2.05, 4.69) is 6.07 Å². The average Bonchev–Trinajstić information content (AvgIpc) is 2.92. The number of aryl methyl sites for hydroxylation is 2. The van der Waals surface area contributed by atoms with E-state index in [0.717, 1.165) is 34.7 Å². The van der Waals surface area contributed by atoms with Crippen LogP contribution < -0.4 is 4.74 Å². The van der Waals surface area contributed by atoms with Gasteiger partial charge in [-0.15, -0.1) is 0 Å². The molecule has 1 aliphatic rings. The summed E-state index contributed by atoms with van der Waals surface area (Å²) in [4.78, 5) is 5.05. The number of benzene rings is 1. The standard InChI is InChI=1S/C23H31NO3/c1-16-12-20(25)13-17(2)21(16)14-19-10-11-22(27-15-26-3)23(24-19)18-8-6-4-5-7-9-18/h10-13,18,25H,4-9,14-15H2,1-3H3. The van der Waals surface area contributed by atoms with Crippen molar-refractivity contribution >= 4 is 0 Å². The van der Waals surface area contributed by atoms with Crippen LogP contribution in [-0.4, -0.2) is 24.0 Å². The van der Waals surface area contributed by atoms with E-state index in [9.17, 15) is 5.11 Å². The Morgan fingerprint density at radius 3 is 2.33 bits per heavy atom. The number of aromatic hydroxyl groups is 1. The summed E-state index contributed by atoms with van der Waals surface area (Å²) in [7, 11) is 1.64. The number of pyridine rings is 1. The van der Waals surface area contributed by atoms with Crippen molar-refractivity contribution in [2.75, 3.05) is 13.9 Å². The molecule has 0 unspecified atom stereocenters. The van der Waals surface area contributed by atoms with Crippen LogP contribution in [0.15, 0.2) is 24.3 Å². The maximum atomic E-state index is 9.80. The van der Waals surface area contributed by atoms with E-state index in [0.29, 0.717) is 11.7 Å². The third-order valence-corrected chi connectivity index (χ3v) is 5.56. The summed E-state index contributed by atoms with van der Waals surface area (Å²) in [6.07, 6.45) is 8.27. The second-order valence-electron chi connectivity index (χ2n) is 7.66. The Morgan fingerprint density at radius 1 is 1.04 bits per heavy atom. The fraction of sp³-hybridized carbons (Fsp3) is 0.522. The van der Waals surface area contributed by atoms with Gasteiger partial charge in [0.25, 0.3) is 0 Å². The van der Waals surface area contributed by atoms with Crippen molar-refractivity contribution < 1.29 is 14.6 Å². The van der Waals surface area contributed by atoms with Gasteiger partial charge in [-0.2, -0.15) is 0 Å². The molecule has 2 aromatic rings. The Morgan fingerprint density at radius 2 is 1.70 bits per heavy atom. The smallest absolute Gasteiger partial charge is 0.188 e. The lowest BCUT2D eigenvalue weighted by atomic mass is 9.94. The van der Waals surface area contributed by atoms with Gasteiger partial charge in [0.15, 0.2) is 6.79 Å². The number of phenols is 1. The first-order chi connectivity index (χ1) is 13.1. The van der Waals surface area contributed by atoms with Crippen LogP contribution in [0.4, 0.5) is 0 Å². The minimum absolute atomic E-state index is 0.247. The predicted octanol–water partition coefficient (Wildman–Crippen LogP) is 5.42. The summed E-state index contributed by atoms with van der Waals surface area (Å²) >= 11 is 0. The van der Waals surface area contributed by atoms with Crippen LogP contribution in [0.3, 0.4) is 0 Å². The molecule has 1 aromatic heterocycles. The van der Waals surface area contributed by atoms with Crippen molar-refractivity contribution in [1.82, 2.24) is 4.98 Å². The lowest BCUT2D eigenvalue weighted by Crippen LogP contribution is -2.09. The molecular formula is C23H31NO3. The molecule has 0 atom stereocenters. The van der Waals surface area contributed by atoms with Crippen LogP contribution in [0.5, 0.6) is 11.5 Å². The Bertz CT molecular complexity index is 741. The Kier molecular flexibility index (Phi) is 6.73. The van der Waals surface area contributed by atoms with Crippen molar-refractivity contribution in [2.24, 2.45) is 0 Å². The minimum Gasteiger partial charge on any atom is -0.508 e. The van der Waals surface area contributed by atoms with Gasteiger partial charge >= 0.3 is 0 Å². The molecule has 1 N–H and O–H groups in total. The van der Waals surface area contributed by atoms with Gasteiger partial charge in [-0.3, -0.25) is 4.98 Å². The van der Waals surface area contributed by atoms with E-state index in [1.807, 2.05) is 32.0 Å². The van der Waals surface area contributed by atoms with Crippen molar-refractivity contribution in [3.05, 3.63) is 52.3 Å². The molecule has 0 aliphatic heterocycles. The lowest BCUT2D eigenvalue weighted by molar-refractivity contribution is 0.0497. The molecule has 4 heteroatoms. The van der Waals surface area contributed by atoms with Crippen molar-refractivity contribution in [3.8, 4) is 11.5 Å². The quantitative estimate of drug-likeness (QED) is 0.546. The highest BCUT2D eigenvalue weighted by Crippen LogP contribution is 2.36. The molecule has 1 heterocycles. The highest BCUT2D eigenvalue weighted by Gasteiger charge is 2.21. The van der Waals surface area contributed by atoms with Crippen molar-refractivity contribution in [2.45, 2.75) is 64.7 Å². The van der Waals surface area contributed by atoms with Crippen LogP contribution in [0.25, 0.3) is 0 Å². The maximum absolute atomic E-state index is 9.80. The van der Waals surface area contributed by atoms with Crippen molar-refractivity contribution in [3.63, 3.8) is 0 Å². The van der Waals surface area contributed by atoms with Gasteiger partial charge in [0.2, 0.25) is 0 Å². The number of hydrogen-bond acceptors (Lipinski definition) is 4. The Labute approximate surface area is 162 Å². The number of hydrogen-bond donors (Lipinski definition) is 1. The number of ether oxygens (including phenoxy) is 2. The largest absolute Gasteiger partial charge is 0.508 e. The van der Waals surface area contributed by atoms with Gasteiger partial charge in [-0.25, -0.2) is 0 Å². The molecule has 0 amide bonds. The van der Waals surface area contributed by atoms with Crippen LogP contribution in [0, 0.1) is 13.8 Å². The average molecular weight is 370 g/mol. The molecule has 0 spiro atoms. The summed E-state index contributed by atoms with van der Waals surface area (Å²) in [5.74, 6) is 1.64. The van der Waals surface area contributed by atoms with Crippen LogP contribution in [0.2, 0.25) is 0 Å². The summed E-state index contributed by atoms with van der Waals surface area (Å²) in [6.45, 7) is 4.34. The van der Waals surface area contributed by atoms with E-state index >= 15 is 0 Å². The van der Waals surface area contributed by atoms with E-state index in [1.54, 1.807) is 7.11 Å². The molecule has 1 aromatic carbocycles. The SMILES string of the molecule is COCOc1ccc(Cc2c(C)cc(O)cc2C)nc1C1CCCCCC1. The zero-order valence-corrected chi connectivity index (χ0v) is 16.8. The van der Waals surface area contributed by atoms with Gasteiger partial charge in [0, 0.05) is 25.1 Å². The predicted molar refractivity (Wildman–Crippen MR) is 108 cm³/mol. The summed E-state index contributed by atoms with van der Waals surface area (Å²) < 4.78 is 10.9. The highest BCUT2D eigenvalue weighted by molar-refractivity contribution is 5.43. The fourth-order valence-electron chi connectivity index (χ4n) is 4.12. The van der Waals surface area contributed by atoms with Gasteiger partial charge < -0.3 is 14.6 Å². The summed E-state index contributed by atoms with van der Waals surface area (Å²) in [5.41, 5.74) is 5.57. The topological polar surface area (TPSA) is 51.6 Å². The van der Waals surface area contributed by atoms with Crippen LogP contribution >= 0.6 is 0 Å². The molecule has 27 heavy (non-hydrogen) atoms. The first-order valence-electron chi connectivity index (χ1n) is 9.99. The molecule has 0 saturated heterocycles. The summed E-state index contributed by atoms with van der Waals surface area (Å²) in [5, 5.41) is 9.80. The Balaban J connectivity index is 1.91. The molecule has 1 saturated carbocycles. The monoisotopic (exact) mass is 369 g/mol. The van der Waals surface area contributed by atoms with E-state index in [4.69, 9.17) is 14.5 Å². The lowest BCUT2D eigenvalue weighted by Gasteiger charge is -2.19. The zero-order chi connectivity index (χ0) is 19.2. The normalized spacial score (nSPS) is 15.5. The third kappa shape index (κ3) is 5.01. The van der Waals surface area contributed by atoms with E-state index in [-0.39, 0.29) is 6.79 Å². The second-order valence-corrected chi connectivity index (χ2v) is 7.66. The van der Waals surface area contributed by atoms with Gasteiger partial charge in [0.05, 0.1) is 5.69 Å². The highest BCUT2D eigenvalue weighted by atomic mass is 16.7. The van der Waals surface area contributed by atoms with Crippen molar-refractivity contribution in [1.29, 1.82) is 0 Å². The summed E-state index contributed by atoms with van der Waals surface area (Å²) in [6, 6.07) is 7.75. The number of phenolic OH excluding ortho intramolecular Hbond substituents is 1. The molecule has 3 rings (SSSR count). The van der Waals surface area contributed by atoms with Gasteiger partial charge in [-0.1, -0.05) is 25.7 Å². The number of rotatable bonds is 6. The maximum Gasteiger partial charge on any atom is 0.188 e. The number of methoxy groups -OCH3 is 1. The molecule has 4 nitrogen and oxygen atoms in total. The minimum atomic E-state index is 0.247. The van der Waals surface area contributed by atoms with Gasteiger partial charge in [0.1, 0.15) is 11.5 Å². The first-order valence-corrected chi connectivity index (χ1v) is 9.99. The second kappa shape index (κ2) is 9.23. The first kappa shape index (κ1) is 19.7. The fourth-order valence-corrected chi connectivity index (χ4v) is 4.12. The zero-order valence-electron chi connectivity index (χ0n) is 16.8. The molecule has 146 valence electrons. The van der Waals surface area contributed by atoms with Crippen LogP contribution in [0.1, 0.15) is 72.5 Å². The number of nitrogens with zero attached hydrogens (tertiary/aromatic N) is 1. The molecule has 0 bridgehead atoms. The molecule has 1 aliphatic carbocycles. The number of aromatic nitrogens is 1. The van der Waals surface area contributed by atoms with Crippen LogP contribution in [-0.2, 0) is 11.2 Å². The van der Waals surface area contributed by atoms with E-state index < -0.39 is 0 Å². The molecule has 1 fully saturated rings.